The number of aryl methyl sites for hydroxylation is 3. The van der Waals surface area contributed by atoms with Gasteiger partial charge in [0.15, 0.2) is 5.82 Å². The Morgan fingerprint density at radius 3 is 2.50 bits per heavy atom. The van der Waals surface area contributed by atoms with Gasteiger partial charge in [-0.15, -0.1) is 0 Å². The van der Waals surface area contributed by atoms with Gasteiger partial charge in [0.05, 0.1) is 12.2 Å². The third-order valence-corrected chi connectivity index (χ3v) is 5.16. The van der Waals surface area contributed by atoms with Crippen molar-refractivity contribution in [2.24, 2.45) is 7.05 Å². The lowest BCUT2D eigenvalue weighted by Gasteiger charge is -2.29. The molecular weight excluding hydrogens is 324 g/mol. The average molecular weight is 350 g/mol. The Balaban J connectivity index is 1.60. The van der Waals surface area contributed by atoms with Crippen molar-refractivity contribution in [3.8, 4) is 11.4 Å². The molecule has 0 spiro atoms. The van der Waals surface area contributed by atoms with Gasteiger partial charge in [0.1, 0.15) is 5.82 Å². The molecule has 0 aliphatic carbocycles. The number of aromatic nitrogens is 5. The van der Waals surface area contributed by atoms with Crippen LogP contribution in [0.15, 0.2) is 42.7 Å². The molecular formula is C20H26N6. The minimum absolute atomic E-state index is 0.445. The topological polar surface area (TPSA) is 51.8 Å². The van der Waals surface area contributed by atoms with Crippen LogP contribution in [-0.2, 0) is 19.9 Å². The predicted molar refractivity (Wildman–Crippen MR) is 102 cm³/mol. The monoisotopic (exact) mass is 350 g/mol. The highest BCUT2D eigenvalue weighted by Gasteiger charge is 2.23. The zero-order valence-electron chi connectivity index (χ0n) is 15.5. The van der Waals surface area contributed by atoms with E-state index in [-0.39, 0.29) is 0 Å². The van der Waals surface area contributed by atoms with Crippen LogP contribution in [-0.4, -0.2) is 49.6 Å². The quantitative estimate of drug-likeness (QED) is 0.710. The maximum absolute atomic E-state index is 4.91. The molecule has 0 radical (unpaired) electrons. The van der Waals surface area contributed by atoms with E-state index in [9.17, 15) is 0 Å². The fourth-order valence-corrected chi connectivity index (χ4v) is 3.62. The van der Waals surface area contributed by atoms with Crippen molar-refractivity contribution in [1.82, 2.24) is 29.4 Å². The van der Waals surface area contributed by atoms with Crippen molar-refractivity contribution in [2.75, 3.05) is 20.1 Å². The summed E-state index contributed by atoms with van der Waals surface area (Å²) < 4.78 is 4.05. The van der Waals surface area contributed by atoms with Crippen molar-refractivity contribution < 1.29 is 0 Å². The molecule has 0 saturated carbocycles. The van der Waals surface area contributed by atoms with Crippen molar-refractivity contribution in [3.05, 3.63) is 54.1 Å². The van der Waals surface area contributed by atoms with E-state index in [4.69, 9.17) is 10.1 Å². The van der Waals surface area contributed by atoms with Gasteiger partial charge >= 0.3 is 0 Å². The molecule has 0 atom stereocenters. The van der Waals surface area contributed by atoms with E-state index in [0.29, 0.717) is 6.04 Å². The molecule has 0 unspecified atom stereocenters. The normalized spacial score (nSPS) is 16.2. The molecule has 3 heterocycles. The Hall–Kier alpha value is -2.47. The predicted octanol–water partition coefficient (Wildman–Crippen LogP) is 2.73. The molecule has 0 bridgehead atoms. The molecule has 0 amide bonds. The van der Waals surface area contributed by atoms with Crippen LogP contribution in [0.5, 0.6) is 0 Å². The van der Waals surface area contributed by atoms with Crippen LogP contribution in [0.4, 0.5) is 0 Å². The molecule has 1 saturated heterocycles. The lowest BCUT2D eigenvalue weighted by molar-refractivity contribution is 0.209. The summed E-state index contributed by atoms with van der Waals surface area (Å²) in [5.41, 5.74) is 2.33. The summed E-state index contributed by atoms with van der Waals surface area (Å²) in [6, 6.07) is 10.7. The van der Waals surface area contributed by atoms with Crippen LogP contribution in [0.25, 0.3) is 11.4 Å². The van der Waals surface area contributed by atoms with Crippen LogP contribution in [0.2, 0.25) is 0 Å². The Morgan fingerprint density at radius 2 is 1.81 bits per heavy atom. The highest BCUT2D eigenvalue weighted by atomic mass is 15.4. The number of hydrogen-bond donors (Lipinski definition) is 0. The van der Waals surface area contributed by atoms with Crippen molar-refractivity contribution in [1.29, 1.82) is 0 Å². The summed E-state index contributed by atoms with van der Waals surface area (Å²) in [5, 5.41) is 9.18. The Bertz CT molecular complexity index is 842. The molecule has 26 heavy (non-hydrogen) atoms. The Morgan fingerprint density at radius 1 is 1.04 bits per heavy atom. The van der Waals surface area contributed by atoms with E-state index >= 15 is 0 Å². The number of nitrogens with zero attached hydrogens (tertiary/aromatic N) is 6. The number of piperidine rings is 1. The first-order valence-corrected chi connectivity index (χ1v) is 9.36. The summed E-state index contributed by atoms with van der Waals surface area (Å²) in [5.74, 6) is 1.92. The molecule has 4 rings (SSSR count). The minimum atomic E-state index is 0.445. The smallest absolute Gasteiger partial charge is 0.181 e. The summed E-state index contributed by atoms with van der Waals surface area (Å²) in [6.45, 7) is 2.24. The lowest BCUT2D eigenvalue weighted by atomic mass is 10.1. The highest BCUT2D eigenvalue weighted by Crippen LogP contribution is 2.25. The molecule has 3 aromatic rings. The highest BCUT2D eigenvalue weighted by molar-refractivity contribution is 5.54. The number of rotatable bonds is 5. The van der Waals surface area contributed by atoms with Crippen molar-refractivity contribution in [2.45, 2.75) is 31.7 Å². The first-order valence-electron chi connectivity index (χ1n) is 9.36. The SMILES string of the molecule is CN1CCC(n2nc(-c3ccccc3)nc2CCc2cnn(C)c2)CC1. The summed E-state index contributed by atoms with van der Waals surface area (Å²) in [6.07, 6.45) is 8.11. The molecule has 1 aliphatic heterocycles. The van der Waals surface area contributed by atoms with E-state index in [2.05, 4.69) is 40.1 Å². The van der Waals surface area contributed by atoms with Gasteiger partial charge in [0, 0.05) is 25.2 Å². The van der Waals surface area contributed by atoms with Gasteiger partial charge < -0.3 is 4.90 Å². The zero-order valence-corrected chi connectivity index (χ0v) is 15.5. The van der Waals surface area contributed by atoms with E-state index in [1.54, 1.807) is 0 Å². The Kier molecular flexibility index (Phi) is 4.84. The first kappa shape index (κ1) is 17.0. The van der Waals surface area contributed by atoms with Crippen molar-refractivity contribution in [3.63, 3.8) is 0 Å². The van der Waals surface area contributed by atoms with E-state index in [1.165, 1.54) is 5.56 Å². The van der Waals surface area contributed by atoms with Crippen LogP contribution in [0.1, 0.15) is 30.3 Å². The third-order valence-electron chi connectivity index (χ3n) is 5.16. The second-order valence-electron chi connectivity index (χ2n) is 7.22. The lowest BCUT2D eigenvalue weighted by Crippen LogP contribution is -2.32. The minimum Gasteiger partial charge on any atom is -0.306 e. The molecule has 136 valence electrons. The molecule has 6 heteroatoms. The fourth-order valence-electron chi connectivity index (χ4n) is 3.62. The fraction of sp³-hybridized carbons (Fsp3) is 0.450. The zero-order chi connectivity index (χ0) is 17.9. The maximum atomic E-state index is 4.91. The van der Waals surface area contributed by atoms with Gasteiger partial charge in [0.25, 0.3) is 0 Å². The third kappa shape index (κ3) is 3.70. The van der Waals surface area contributed by atoms with Crippen molar-refractivity contribution >= 4 is 0 Å². The number of hydrogen-bond acceptors (Lipinski definition) is 4. The first-order chi connectivity index (χ1) is 12.7. The van der Waals surface area contributed by atoms with Gasteiger partial charge in [0.2, 0.25) is 0 Å². The molecule has 0 N–H and O–H groups in total. The average Bonchev–Trinajstić information content (AvgIpc) is 3.28. The van der Waals surface area contributed by atoms with Gasteiger partial charge in [-0.1, -0.05) is 30.3 Å². The maximum Gasteiger partial charge on any atom is 0.181 e. The molecule has 1 aliphatic rings. The molecule has 2 aromatic heterocycles. The molecule has 6 nitrogen and oxygen atoms in total. The van der Waals surface area contributed by atoms with Crippen LogP contribution >= 0.6 is 0 Å². The van der Waals surface area contributed by atoms with Crippen LogP contribution < -0.4 is 0 Å². The summed E-state index contributed by atoms with van der Waals surface area (Å²) >= 11 is 0. The van der Waals surface area contributed by atoms with E-state index in [1.807, 2.05) is 36.1 Å². The number of benzene rings is 1. The summed E-state index contributed by atoms with van der Waals surface area (Å²) in [7, 11) is 4.15. The number of likely N-dealkylation sites (tertiary alicyclic amines) is 1. The van der Waals surface area contributed by atoms with Crippen LogP contribution in [0.3, 0.4) is 0 Å². The second kappa shape index (κ2) is 7.41. The van der Waals surface area contributed by atoms with E-state index < -0.39 is 0 Å². The van der Waals surface area contributed by atoms with Gasteiger partial charge in [-0.05, 0) is 45.0 Å². The summed E-state index contributed by atoms with van der Waals surface area (Å²) in [4.78, 5) is 7.30. The Labute approximate surface area is 154 Å². The van der Waals surface area contributed by atoms with Crippen LogP contribution in [0, 0.1) is 0 Å². The largest absolute Gasteiger partial charge is 0.306 e. The van der Waals surface area contributed by atoms with E-state index in [0.717, 1.165) is 56.0 Å². The van der Waals surface area contributed by atoms with Gasteiger partial charge in [-0.25, -0.2) is 9.67 Å². The molecule has 1 aromatic carbocycles. The standard InChI is InChI=1S/C20H26N6/c1-24-12-10-18(11-13-24)26-19(9-8-16-14-21-25(2)15-16)22-20(23-26)17-6-4-3-5-7-17/h3-7,14-15,18H,8-13H2,1-2H3. The molecule has 1 fully saturated rings. The van der Waals surface area contributed by atoms with Gasteiger partial charge in [-0.2, -0.15) is 10.2 Å². The second-order valence-corrected chi connectivity index (χ2v) is 7.22. The van der Waals surface area contributed by atoms with Gasteiger partial charge in [-0.3, -0.25) is 4.68 Å².